The van der Waals surface area contributed by atoms with Crippen molar-refractivity contribution in [2.24, 2.45) is 0 Å². The van der Waals surface area contributed by atoms with Crippen LogP contribution in [0.3, 0.4) is 0 Å². The van der Waals surface area contributed by atoms with E-state index in [4.69, 9.17) is 5.11 Å². The smallest absolute Gasteiger partial charge is 0.116 e. The first-order valence-electron chi connectivity index (χ1n) is 2.23. The van der Waals surface area contributed by atoms with Crippen molar-refractivity contribution in [1.82, 2.24) is 0 Å². The van der Waals surface area contributed by atoms with E-state index in [2.05, 4.69) is 15.9 Å². The van der Waals surface area contributed by atoms with Crippen molar-refractivity contribution in [3.05, 3.63) is 28.7 Å². The first kappa shape index (κ1) is 17.9. The zero-order valence-electron chi connectivity index (χ0n) is 5.45. The Morgan fingerprint density at radius 3 is 2.00 bits per heavy atom. The summed E-state index contributed by atoms with van der Waals surface area (Å²) in [6.07, 6.45) is 0. The largest absolute Gasteiger partial charge is 0.508 e. The molecule has 0 amide bonds. The summed E-state index contributed by atoms with van der Waals surface area (Å²) in [6.45, 7) is 0. The van der Waals surface area contributed by atoms with Gasteiger partial charge in [0.05, 0.1) is 0 Å². The predicted octanol–water partition coefficient (Wildman–Crippen LogP) is 3.00. The first-order chi connectivity index (χ1) is 3.79. The minimum Gasteiger partial charge on any atom is -0.508 e. The van der Waals surface area contributed by atoms with Gasteiger partial charge in [-0.15, -0.1) is 24.8 Å². The van der Waals surface area contributed by atoms with Gasteiger partial charge in [0.25, 0.3) is 0 Å². The van der Waals surface area contributed by atoms with E-state index in [1.165, 1.54) is 0 Å². The van der Waals surface area contributed by atoms with Crippen molar-refractivity contribution in [2.75, 3.05) is 0 Å². The fourth-order valence-corrected chi connectivity index (χ4v) is 0.863. The molecular weight excluding hydrogens is 330 g/mol. The number of halogens is 3. The van der Waals surface area contributed by atoms with Crippen molar-refractivity contribution in [1.29, 1.82) is 0 Å². The second-order valence-corrected chi connectivity index (χ2v) is 2.40. The molecule has 5 heteroatoms. The van der Waals surface area contributed by atoms with Gasteiger partial charge in [0.2, 0.25) is 0 Å². The van der Waals surface area contributed by atoms with E-state index in [9.17, 15) is 0 Å². The van der Waals surface area contributed by atoms with Gasteiger partial charge in [-0.1, -0.05) is 22.0 Å². The van der Waals surface area contributed by atoms with Gasteiger partial charge in [0.15, 0.2) is 0 Å². The van der Waals surface area contributed by atoms with Gasteiger partial charge in [-0.25, -0.2) is 0 Å². The molecule has 1 N–H and O–H groups in total. The SMILES string of the molecule is Cl.Cl.Oc1cccc(Br)c1.[Zr]. The molecule has 0 atom stereocenters. The van der Waals surface area contributed by atoms with Crippen molar-refractivity contribution in [2.45, 2.75) is 0 Å². The number of phenols is 1. The van der Waals surface area contributed by atoms with E-state index < -0.39 is 0 Å². The number of hydrogen-bond donors (Lipinski definition) is 1. The van der Waals surface area contributed by atoms with Gasteiger partial charge < -0.3 is 5.11 Å². The molecule has 62 valence electrons. The Hall–Kier alpha value is 0.963. The molecule has 0 aromatic heterocycles. The second kappa shape index (κ2) is 9.05. The minimum absolute atomic E-state index is 0. The Balaban J connectivity index is -0.000000213. The Morgan fingerprint density at radius 1 is 1.18 bits per heavy atom. The van der Waals surface area contributed by atoms with E-state index in [1.54, 1.807) is 18.2 Å². The maximum Gasteiger partial charge on any atom is 0.116 e. The molecule has 1 aromatic carbocycles. The first-order valence-corrected chi connectivity index (χ1v) is 3.03. The fraction of sp³-hybridized carbons (Fsp3) is 0. The number of phenolic OH excluding ortho intramolecular Hbond substituents is 1. The molecular formula is C6H7BrCl2OZr. The molecule has 0 aliphatic rings. The molecule has 0 heterocycles. The average molecular weight is 337 g/mol. The van der Waals surface area contributed by atoms with Gasteiger partial charge in [0, 0.05) is 30.7 Å². The molecule has 0 saturated carbocycles. The molecule has 0 bridgehead atoms. The maximum absolute atomic E-state index is 8.78. The monoisotopic (exact) mass is 334 g/mol. The van der Waals surface area contributed by atoms with Crippen LogP contribution in [-0.4, -0.2) is 5.11 Å². The topological polar surface area (TPSA) is 20.2 Å². The van der Waals surface area contributed by atoms with Crippen LogP contribution in [-0.2, 0) is 26.2 Å². The van der Waals surface area contributed by atoms with Gasteiger partial charge in [-0.2, -0.15) is 0 Å². The molecule has 1 nitrogen and oxygen atoms in total. The van der Waals surface area contributed by atoms with E-state index in [-0.39, 0.29) is 51.0 Å². The summed E-state index contributed by atoms with van der Waals surface area (Å²) in [5.74, 6) is 0.291. The molecule has 0 saturated heterocycles. The van der Waals surface area contributed by atoms with Gasteiger partial charge in [0.1, 0.15) is 5.75 Å². The molecule has 0 fully saturated rings. The summed E-state index contributed by atoms with van der Waals surface area (Å²) < 4.78 is 0.900. The number of aromatic hydroxyl groups is 1. The number of hydrogen-bond acceptors (Lipinski definition) is 1. The van der Waals surface area contributed by atoms with Crippen molar-refractivity contribution < 1.29 is 31.3 Å². The molecule has 1 aromatic rings. The molecule has 0 spiro atoms. The van der Waals surface area contributed by atoms with E-state index in [0.29, 0.717) is 5.75 Å². The Kier molecular flexibility index (Phi) is 14.7. The van der Waals surface area contributed by atoms with Gasteiger partial charge >= 0.3 is 0 Å². The molecule has 11 heavy (non-hydrogen) atoms. The number of benzene rings is 1. The van der Waals surface area contributed by atoms with E-state index >= 15 is 0 Å². The summed E-state index contributed by atoms with van der Waals surface area (Å²) in [6, 6.07) is 6.91. The Labute approximate surface area is 106 Å². The van der Waals surface area contributed by atoms with Crippen LogP contribution in [0, 0.1) is 0 Å². The van der Waals surface area contributed by atoms with Crippen LogP contribution < -0.4 is 0 Å². The standard InChI is InChI=1S/C6H5BrO.2ClH.Zr/c7-5-2-1-3-6(8)4-5;;;/h1-4,8H;2*1H;. The molecule has 0 radical (unpaired) electrons. The molecule has 0 aliphatic carbocycles. The number of rotatable bonds is 0. The Morgan fingerprint density at radius 2 is 1.73 bits per heavy atom. The van der Waals surface area contributed by atoms with Crippen molar-refractivity contribution in [3.63, 3.8) is 0 Å². The third-order valence-electron chi connectivity index (χ3n) is 0.808. The summed E-state index contributed by atoms with van der Waals surface area (Å²) in [4.78, 5) is 0. The third kappa shape index (κ3) is 7.33. The van der Waals surface area contributed by atoms with Crippen LogP contribution in [0.25, 0.3) is 0 Å². The maximum atomic E-state index is 8.78. The van der Waals surface area contributed by atoms with Gasteiger partial charge in [-0.3, -0.25) is 0 Å². The van der Waals surface area contributed by atoms with Gasteiger partial charge in [-0.05, 0) is 18.2 Å². The summed E-state index contributed by atoms with van der Waals surface area (Å²) in [5, 5.41) is 8.78. The third-order valence-corrected chi connectivity index (χ3v) is 1.30. The summed E-state index contributed by atoms with van der Waals surface area (Å²) in [7, 11) is 0. The zero-order valence-corrected chi connectivity index (χ0v) is 11.1. The zero-order chi connectivity index (χ0) is 5.98. The summed E-state index contributed by atoms with van der Waals surface area (Å²) in [5.41, 5.74) is 0. The van der Waals surface area contributed by atoms with Crippen LogP contribution in [0.1, 0.15) is 0 Å². The van der Waals surface area contributed by atoms with Crippen molar-refractivity contribution >= 4 is 40.7 Å². The van der Waals surface area contributed by atoms with Crippen LogP contribution in [0.15, 0.2) is 28.7 Å². The average Bonchev–Trinajstić information content (AvgIpc) is 1.64. The molecule has 0 unspecified atom stereocenters. The molecule has 0 aliphatic heterocycles. The Bertz CT molecular complexity index is 180. The predicted molar refractivity (Wildman–Crippen MR) is 50.3 cm³/mol. The second-order valence-electron chi connectivity index (χ2n) is 1.48. The van der Waals surface area contributed by atoms with Crippen LogP contribution >= 0.6 is 40.7 Å². The quantitative estimate of drug-likeness (QED) is 0.772. The van der Waals surface area contributed by atoms with Crippen LogP contribution in [0.2, 0.25) is 0 Å². The van der Waals surface area contributed by atoms with Crippen LogP contribution in [0.4, 0.5) is 0 Å². The van der Waals surface area contributed by atoms with Crippen LogP contribution in [0.5, 0.6) is 5.75 Å². The fourth-order valence-electron chi connectivity index (χ4n) is 0.476. The van der Waals surface area contributed by atoms with Crippen molar-refractivity contribution in [3.8, 4) is 5.75 Å². The summed E-state index contributed by atoms with van der Waals surface area (Å²) >= 11 is 3.20. The van der Waals surface area contributed by atoms with E-state index in [0.717, 1.165) is 4.47 Å². The normalized spacial score (nSPS) is 6.64. The minimum atomic E-state index is 0. The molecule has 1 rings (SSSR count). The van der Waals surface area contributed by atoms with E-state index in [1.807, 2.05) is 6.07 Å².